The highest BCUT2D eigenvalue weighted by Gasteiger charge is 2.18. The van der Waals surface area contributed by atoms with E-state index in [2.05, 4.69) is 16.5 Å². The highest BCUT2D eigenvalue weighted by Crippen LogP contribution is 2.11. The van der Waals surface area contributed by atoms with Gasteiger partial charge in [0.05, 0.1) is 7.11 Å². The molecule has 1 unspecified atom stereocenters. The van der Waals surface area contributed by atoms with Gasteiger partial charge in [0.25, 0.3) is 0 Å². The van der Waals surface area contributed by atoms with Crippen molar-refractivity contribution in [3.05, 3.63) is 0 Å². The molecule has 0 aromatic rings. The molecular weight excluding hydrogens is 208 g/mol. The summed E-state index contributed by atoms with van der Waals surface area (Å²) >= 11 is 0. The molecule has 0 saturated heterocycles. The summed E-state index contributed by atoms with van der Waals surface area (Å²) < 4.78 is 4.49. The van der Waals surface area contributed by atoms with Gasteiger partial charge in [-0.2, -0.15) is 0 Å². The zero-order chi connectivity index (χ0) is 12.2. The Balaban J connectivity index is 3.38. The number of carbonyl (C=O) groups is 1. The molecule has 0 rings (SSSR count). The minimum Gasteiger partial charge on any atom is -0.467 e. The van der Waals surface area contributed by atoms with Crippen LogP contribution in [0.1, 0.15) is 58.3 Å². The maximum absolute atomic E-state index is 11.0. The van der Waals surface area contributed by atoms with Crippen molar-refractivity contribution < 1.29 is 19.7 Å². The zero-order valence-electron chi connectivity index (χ0n) is 10.4. The standard InChI is InChI=1S/C12H24O4/c1-3-4-5-6-7-8-9-10-11(16-14)12(13)15-2/h11,14H,3-10H2,1-2H3. The van der Waals surface area contributed by atoms with Crippen molar-refractivity contribution in [1.29, 1.82) is 0 Å². The molecule has 96 valence electrons. The molecule has 4 nitrogen and oxygen atoms in total. The van der Waals surface area contributed by atoms with E-state index < -0.39 is 12.1 Å². The van der Waals surface area contributed by atoms with Gasteiger partial charge in [-0.1, -0.05) is 51.9 Å². The largest absolute Gasteiger partial charge is 0.467 e. The number of hydrogen-bond acceptors (Lipinski definition) is 4. The first-order valence-corrected chi connectivity index (χ1v) is 6.14. The lowest BCUT2D eigenvalue weighted by Gasteiger charge is -2.10. The molecule has 0 aliphatic rings. The van der Waals surface area contributed by atoms with Crippen LogP contribution >= 0.6 is 0 Å². The SMILES string of the molecule is CCCCCCCCCC(OO)C(=O)OC. The summed E-state index contributed by atoms with van der Waals surface area (Å²) in [7, 11) is 1.29. The van der Waals surface area contributed by atoms with Gasteiger partial charge in [-0.05, 0) is 6.42 Å². The first-order chi connectivity index (χ1) is 7.76. The molecule has 0 bridgehead atoms. The summed E-state index contributed by atoms with van der Waals surface area (Å²) in [6, 6.07) is 0. The van der Waals surface area contributed by atoms with E-state index >= 15 is 0 Å². The summed E-state index contributed by atoms with van der Waals surface area (Å²) in [5, 5.41) is 8.50. The van der Waals surface area contributed by atoms with Crippen LogP contribution in [0.3, 0.4) is 0 Å². The summed E-state index contributed by atoms with van der Waals surface area (Å²) in [5.41, 5.74) is 0. The summed E-state index contributed by atoms with van der Waals surface area (Å²) in [6.45, 7) is 2.19. The van der Waals surface area contributed by atoms with E-state index in [9.17, 15) is 4.79 Å². The highest BCUT2D eigenvalue weighted by atomic mass is 17.1. The summed E-state index contributed by atoms with van der Waals surface area (Å²) in [4.78, 5) is 15.1. The Bertz CT molecular complexity index is 170. The van der Waals surface area contributed by atoms with Crippen LogP contribution in [0.25, 0.3) is 0 Å². The van der Waals surface area contributed by atoms with Crippen LogP contribution in [0.2, 0.25) is 0 Å². The Morgan fingerprint density at radius 2 is 1.69 bits per heavy atom. The molecule has 0 aromatic carbocycles. The van der Waals surface area contributed by atoms with Gasteiger partial charge >= 0.3 is 5.97 Å². The quantitative estimate of drug-likeness (QED) is 0.272. The van der Waals surface area contributed by atoms with Crippen LogP contribution in [-0.2, 0) is 14.4 Å². The smallest absolute Gasteiger partial charge is 0.338 e. The second-order valence-corrected chi connectivity index (χ2v) is 4.03. The fourth-order valence-electron chi connectivity index (χ4n) is 1.63. The van der Waals surface area contributed by atoms with Gasteiger partial charge < -0.3 is 4.74 Å². The molecule has 0 aromatic heterocycles. The maximum atomic E-state index is 11.0. The first kappa shape index (κ1) is 15.4. The van der Waals surface area contributed by atoms with Gasteiger partial charge in [0.2, 0.25) is 0 Å². The number of esters is 1. The molecule has 0 fully saturated rings. The Morgan fingerprint density at radius 1 is 1.12 bits per heavy atom. The third-order valence-corrected chi connectivity index (χ3v) is 2.66. The number of unbranched alkanes of at least 4 members (excludes halogenated alkanes) is 6. The van der Waals surface area contributed by atoms with Crippen molar-refractivity contribution in [3.63, 3.8) is 0 Å². The molecule has 16 heavy (non-hydrogen) atoms. The molecule has 0 spiro atoms. The van der Waals surface area contributed by atoms with E-state index in [0.29, 0.717) is 6.42 Å². The lowest BCUT2D eigenvalue weighted by molar-refractivity contribution is -0.278. The molecule has 1 N–H and O–H groups in total. The van der Waals surface area contributed by atoms with E-state index in [-0.39, 0.29) is 0 Å². The highest BCUT2D eigenvalue weighted by molar-refractivity contribution is 5.74. The van der Waals surface area contributed by atoms with Crippen LogP contribution in [-0.4, -0.2) is 24.4 Å². The van der Waals surface area contributed by atoms with Crippen molar-refractivity contribution in [3.8, 4) is 0 Å². The van der Waals surface area contributed by atoms with E-state index in [1.807, 2.05) is 0 Å². The zero-order valence-corrected chi connectivity index (χ0v) is 10.4. The number of hydrogen-bond donors (Lipinski definition) is 1. The fraction of sp³-hybridized carbons (Fsp3) is 0.917. The van der Waals surface area contributed by atoms with Crippen molar-refractivity contribution in [2.24, 2.45) is 0 Å². The topological polar surface area (TPSA) is 55.8 Å². The van der Waals surface area contributed by atoms with Crippen LogP contribution in [0.4, 0.5) is 0 Å². The third kappa shape index (κ3) is 7.65. The normalized spacial score (nSPS) is 12.4. The van der Waals surface area contributed by atoms with Crippen molar-refractivity contribution in [2.45, 2.75) is 64.4 Å². The van der Waals surface area contributed by atoms with Gasteiger partial charge in [-0.25, -0.2) is 9.68 Å². The minimum atomic E-state index is -0.819. The molecule has 0 aliphatic carbocycles. The molecule has 0 saturated carbocycles. The summed E-state index contributed by atoms with van der Waals surface area (Å²) in [6.07, 6.45) is 7.92. The number of methoxy groups -OCH3 is 1. The number of rotatable bonds is 10. The van der Waals surface area contributed by atoms with Gasteiger partial charge in [0.15, 0.2) is 6.10 Å². The Labute approximate surface area is 97.9 Å². The van der Waals surface area contributed by atoms with Crippen LogP contribution in [0.15, 0.2) is 0 Å². The van der Waals surface area contributed by atoms with Crippen LogP contribution < -0.4 is 0 Å². The molecule has 0 radical (unpaired) electrons. The van der Waals surface area contributed by atoms with Crippen molar-refractivity contribution in [2.75, 3.05) is 7.11 Å². The van der Waals surface area contributed by atoms with E-state index in [1.54, 1.807) is 0 Å². The molecular formula is C12H24O4. The van der Waals surface area contributed by atoms with Gasteiger partial charge in [0.1, 0.15) is 0 Å². The second-order valence-electron chi connectivity index (χ2n) is 4.03. The fourth-order valence-corrected chi connectivity index (χ4v) is 1.63. The monoisotopic (exact) mass is 232 g/mol. The molecule has 1 atom stereocenters. The van der Waals surface area contributed by atoms with Crippen LogP contribution in [0, 0.1) is 0 Å². The third-order valence-electron chi connectivity index (χ3n) is 2.66. The van der Waals surface area contributed by atoms with E-state index in [0.717, 1.165) is 12.8 Å². The molecule has 0 heterocycles. The Kier molecular flexibility index (Phi) is 10.5. The molecule has 0 aliphatic heterocycles. The average molecular weight is 232 g/mol. The number of ether oxygens (including phenoxy) is 1. The Hall–Kier alpha value is -0.610. The molecule has 0 amide bonds. The summed E-state index contributed by atoms with van der Waals surface area (Å²) in [5.74, 6) is -0.506. The van der Waals surface area contributed by atoms with Crippen molar-refractivity contribution >= 4 is 5.97 Å². The van der Waals surface area contributed by atoms with Crippen LogP contribution in [0.5, 0.6) is 0 Å². The first-order valence-electron chi connectivity index (χ1n) is 6.14. The average Bonchev–Trinajstić information content (AvgIpc) is 2.32. The van der Waals surface area contributed by atoms with E-state index in [4.69, 9.17) is 5.26 Å². The van der Waals surface area contributed by atoms with Gasteiger partial charge in [0, 0.05) is 0 Å². The lowest BCUT2D eigenvalue weighted by Crippen LogP contribution is -2.24. The maximum Gasteiger partial charge on any atom is 0.338 e. The predicted molar refractivity (Wildman–Crippen MR) is 62.1 cm³/mol. The van der Waals surface area contributed by atoms with Gasteiger partial charge in [-0.3, -0.25) is 5.26 Å². The van der Waals surface area contributed by atoms with Gasteiger partial charge in [-0.15, -0.1) is 0 Å². The predicted octanol–water partition coefficient (Wildman–Crippen LogP) is 3.16. The van der Waals surface area contributed by atoms with E-state index in [1.165, 1.54) is 39.2 Å². The Morgan fingerprint density at radius 3 is 2.19 bits per heavy atom. The van der Waals surface area contributed by atoms with Crippen molar-refractivity contribution in [1.82, 2.24) is 0 Å². The molecule has 4 heteroatoms. The second kappa shape index (κ2) is 10.9. The minimum absolute atomic E-state index is 0.506. The number of carbonyl (C=O) groups excluding carboxylic acids is 1. The lowest BCUT2D eigenvalue weighted by atomic mass is 10.1.